The smallest absolute Gasteiger partial charge is 0.244 e. The van der Waals surface area contributed by atoms with Crippen LogP contribution in [-0.2, 0) is 10.0 Å². The van der Waals surface area contributed by atoms with Crippen LogP contribution in [0.1, 0.15) is 31.7 Å². The van der Waals surface area contributed by atoms with Gasteiger partial charge in [0.1, 0.15) is 4.90 Å². The number of nitrogens with zero attached hydrogens (tertiary/aromatic N) is 1. The quantitative estimate of drug-likeness (QED) is 0.710. The number of rotatable bonds is 6. The van der Waals surface area contributed by atoms with E-state index in [2.05, 4.69) is 14.9 Å². The lowest BCUT2D eigenvalue weighted by Crippen LogP contribution is -2.40. The van der Waals surface area contributed by atoms with Crippen molar-refractivity contribution < 1.29 is 8.42 Å². The van der Waals surface area contributed by atoms with Gasteiger partial charge < -0.3 is 5.73 Å². The third-order valence-corrected chi connectivity index (χ3v) is 4.67. The molecule has 0 amide bonds. The number of nitrogens with two attached hydrogens (primary N) is 1. The maximum atomic E-state index is 12.3. The molecule has 0 saturated carbocycles. The number of nitrogens with one attached hydrogen (secondary N) is 2. The Morgan fingerprint density at radius 3 is 2.39 bits per heavy atom. The molecular weight excluding hydrogens is 252 g/mol. The number of aryl methyl sites for hydroxylation is 2. The maximum Gasteiger partial charge on any atom is 0.244 e. The average Bonchev–Trinajstić information content (AvgIpc) is 2.58. The molecule has 1 atom stereocenters. The summed E-state index contributed by atoms with van der Waals surface area (Å²) in [6.07, 6.45) is 0.618. The van der Waals surface area contributed by atoms with Crippen molar-refractivity contribution in [2.45, 2.75) is 45.1 Å². The van der Waals surface area contributed by atoms with Crippen molar-refractivity contribution in [2.75, 3.05) is 6.54 Å². The first-order valence-electron chi connectivity index (χ1n) is 6.03. The zero-order valence-electron chi connectivity index (χ0n) is 11.3. The summed E-state index contributed by atoms with van der Waals surface area (Å²) in [7, 11) is -3.54. The van der Waals surface area contributed by atoms with Gasteiger partial charge in [0.25, 0.3) is 0 Å². The third kappa shape index (κ3) is 3.30. The molecule has 7 heteroatoms. The number of aromatic nitrogens is 2. The van der Waals surface area contributed by atoms with Crippen LogP contribution in [-0.4, -0.2) is 31.2 Å². The van der Waals surface area contributed by atoms with E-state index in [1.165, 1.54) is 0 Å². The average molecular weight is 274 g/mol. The SMILES string of the molecule is Cc1n[nH]c(C)c1S(=O)(=O)NC(CCN)C(C)C. The van der Waals surface area contributed by atoms with E-state index < -0.39 is 10.0 Å². The Hall–Kier alpha value is -0.920. The molecule has 6 nitrogen and oxygen atoms in total. The predicted octanol–water partition coefficient (Wildman–Crippen LogP) is 0.678. The Labute approximate surface area is 108 Å². The van der Waals surface area contributed by atoms with Gasteiger partial charge in [-0.25, -0.2) is 13.1 Å². The fraction of sp³-hybridized carbons (Fsp3) is 0.727. The van der Waals surface area contributed by atoms with E-state index in [1.54, 1.807) is 13.8 Å². The van der Waals surface area contributed by atoms with Crippen molar-refractivity contribution in [3.05, 3.63) is 11.4 Å². The minimum Gasteiger partial charge on any atom is -0.330 e. The second-order valence-electron chi connectivity index (χ2n) is 4.81. The summed E-state index contributed by atoms with van der Waals surface area (Å²) >= 11 is 0. The van der Waals surface area contributed by atoms with Crippen LogP contribution in [0.15, 0.2) is 4.90 Å². The molecule has 0 spiro atoms. The van der Waals surface area contributed by atoms with Crippen molar-refractivity contribution >= 4 is 10.0 Å². The van der Waals surface area contributed by atoms with E-state index >= 15 is 0 Å². The van der Waals surface area contributed by atoms with Crippen LogP contribution >= 0.6 is 0 Å². The number of sulfonamides is 1. The normalized spacial score (nSPS) is 14.1. The number of H-pyrrole nitrogens is 1. The van der Waals surface area contributed by atoms with Crippen LogP contribution in [0.3, 0.4) is 0 Å². The van der Waals surface area contributed by atoms with Gasteiger partial charge in [-0.1, -0.05) is 13.8 Å². The predicted molar refractivity (Wildman–Crippen MR) is 70.7 cm³/mol. The van der Waals surface area contributed by atoms with Gasteiger partial charge >= 0.3 is 0 Å². The van der Waals surface area contributed by atoms with Crippen LogP contribution in [0.4, 0.5) is 0 Å². The number of hydrogen-bond donors (Lipinski definition) is 3. The number of hydrogen-bond acceptors (Lipinski definition) is 4. The first kappa shape index (κ1) is 15.1. The Kier molecular flexibility index (Phi) is 4.89. The fourth-order valence-corrected chi connectivity index (χ4v) is 3.69. The Morgan fingerprint density at radius 2 is 2.00 bits per heavy atom. The summed E-state index contributed by atoms with van der Waals surface area (Å²) in [5.74, 6) is 0.191. The van der Waals surface area contributed by atoms with Crippen molar-refractivity contribution in [3.8, 4) is 0 Å². The summed E-state index contributed by atoms with van der Waals surface area (Å²) in [6.45, 7) is 7.76. The van der Waals surface area contributed by atoms with Crippen molar-refractivity contribution in [2.24, 2.45) is 11.7 Å². The van der Waals surface area contributed by atoms with Gasteiger partial charge in [0.15, 0.2) is 0 Å². The molecule has 104 valence electrons. The van der Waals surface area contributed by atoms with Gasteiger partial charge in [-0.15, -0.1) is 0 Å². The molecule has 0 fully saturated rings. The molecule has 1 heterocycles. The molecule has 0 aliphatic rings. The molecule has 0 aliphatic carbocycles. The molecule has 0 saturated heterocycles. The summed E-state index contributed by atoms with van der Waals surface area (Å²) in [5.41, 5.74) is 6.54. The lowest BCUT2D eigenvalue weighted by Gasteiger charge is -2.21. The molecular formula is C11H22N4O2S. The second kappa shape index (κ2) is 5.81. The lowest BCUT2D eigenvalue weighted by molar-refractivity contribution is 0.428. The molecule has 18 heavy (non-hydrogen) atoms. The molecule has 4 N–H and O–H groups in total. The van der Waals surface area contributed by atoms with E-state index in [0.717, 1.165) is 0 Å². The minimum atomic E-state index is -3.54. The van der Waals surface area contributed by atoms with E-state index in [-0.39, 0.29) is 16.9 Å². The zero-order valence-corrected chi connectivity index (χ0v) is 12.1. The number of aromatic amines is 1. The molecule has 0 aromatic carbocycles. The van der Waals surface area contributed by atoms with Gasteiger partial charge in [0.2, 0.25) is 10.0 Å². The van der Waals surface area contributed by atoms with Gasteiger partial charge in [-0.2, -0.15) is 5.10 Å². The highest BCUT2D eigenvalue weighted by Gasteiger charge is 2.26. The van der Waals surface area contributed by atoms with Crippen LogP contribution in [0, 0.1) is 19.8 Å². The summed E-state index contributed by atoms with van der Waals surface area (Å²) in [4.78, 5) is 0.241. The Morgan fingerprint density at radius 1 is 1.39 bits per heavy atom. The second-order valence-corrected chi connectivity index (χ2v) is 6.46. The lowest BCUT2D eigenvalue weighted by atomic mass is 10.0. The summed E-state index contributed by atoms with van der Waals surface area (Å²) < 4.78 is 27.3. The zero-order chi connectivity index (χ0) is 13.9. The summed E-state index contributed by atoms with van der Waals surface area (Å²) in [5, 5.41) is 6.60. The first-order chi connectivity index (χ1) is 8.29. The molecule has 1 aromatic rings. The molecule has 1 rings (SSSR count). The van der Waals surface area contributed by atoms with Gasteiger partial charge in [0, 0.05) is 6.04 Å². The van der Waals surface area contributed by atoms with Crippen molar-refractivity contribution in [3.63, 3.8) is 0 Å². The molecule has 1 unspecified atom stereocenters. The molecule has 0 aliphatic heterocycles. The molecule has 0 bridgehead atoms. The van der Waals surface area contributed by atoms with Gasteiger partial charge in [-0.05, 0) is 32.7 Å². The standard InChI is InChI=1S/C11H22N4O2S/c1-7(2)10(5-6-12)15-18(16,17)11-8(3)13-14-9(11)4/h7,10,15H,5-6,12H2,1-4H3,(H,13,14). The molecule has 1 aromatic heterocycles. The highest BCUT2D eigenvalue weighted by molar-refractivity contribution is 7.89. The van der Waals surface area contributed by atoms with E-state index in [0.29, 0.717) is 24.4 Å². The first-order valence-corrected chi connectivity index (χ1v) is 7.52. The van der Waals surface area contributed by atoms with E-state index in [4.69, 9.17) is 5.73 Å². The maximum absolute atomic E-state index is 12.3. The van der Waals surface area contributed by atoms with Crippen LogP contribution in [0.2, 0.25) is 0 Å². The van der Waals surface area contributed by atoms with E-state index in [9.17, 15) is 8.42 Å². The Bertz CT molecular complexity index is 474. The largest absolute Gasteiger partial charge is 0.330 e. The van der Waals surface area contributed by atoms with Crippen LogP contribution in [0.5, 0.6) is 0 Å². The van der Waals surface area contributed by atoms with E-state index in [1.807, 2.05) is 13.8 Å². The highest BCUT2D eigenvalue weighted by atomic mass is 32.2. The minimum absolute atomic E-state index is 0.159. The van der Waals surface area contributed by atoms with Gasteiger partial charge in [0.05, 0.1) is 11.4 Å². The van der Waals surface area contributed by atoms with Crippen molar-refractivity contribution in [1.82, 2.24) is 14.9 Å². The highest BCUT2D eigenvalue weighted by Crippen LogP contribution is 2.18. The fourth-order valence-electron chi connectivity index (χ4n) is 1.90. The Balaban J connectivity index is 3.01. The summed E-state index contributed by atoms with van der Waals surface area (Å²) in [6, 6.07) is -0.159. The van der Waals surface area contributed by atoms with Gasteiger partial charge in [-0.3, -0.25) is 5.10 Å². The third-order valence-electron chi connectivity index (χ3n) is 2.92. The van der Waals surface area contributed by atoms with Crippen LogP contribution < -0.4 is 10.5 Å². The topological polar surface area (TPSA) is 101 Å². The molecule has 0 radical (unpaired) electrons. The van der Waals surface area contributed by atoms with Crippen LogP contribution in [0.25, 0.3) is 0 Å². The van der Waals surface area contributed by atoms with Crippen molar-refractivity contribution in [1.29, 1.82) is 0 Å². The monoisotopic (exact) mass is 274 g/mol.